The van der Waals surface area contributed by atoms with Crippen molar-refractivity contribution >= 4 is 22.6 Å². The maximum absolute atomic E-state index is 12.4. The SMILES string of the molecule is CCCCCCOc1ccc(C(=O)NNC(=O)c2n[nH]c(=O)c3ccccc23)cc1. The molecule has 0 aliphatic carbocycles. The first-order valence-electron chi connectivity index (χ1n) is 9.91. The van der Waals surface area contributed by atoms with E-state index in [2.05, 4.69) is 28.0 Å². The normalized spacial score (nSPS) is 10.6. The predicted molar refractivity (Wildman–Crippen MR) is 113 cm³/mol. The number of unbranched alkanes of at least 4 members (excludes halogenated alkanes) is 3. The van der Waals surface area contributed by atoms with Gasteiger partial charge >= 0.3 is 0 Å². The Morgan fingerprint density at radius 2 is 1.63 bits per heavy atom. The summed E-state index contributed by atoms with van der Waals surface area (Å²) in [6.07, 6.45) is 4.50. The van der Waals surface area contributed by atoms with Crippen LogP contribution in [0.5, 0.6) is 5.75 Å². The summed E-state index contributed by atoms with van der Waals surface area (Å²) in [6, 6.07) is 13.3. The van der Waals surface area contributed by atoms with Crippen LogP contribution >= 0.6 is 0 Å². The van der Waals surface area contributed by atoms with Crippen molar-refractivity contribution in [2.75, 3.05) is 6.61 Å². The number of carbonyl (C=O) groups is 2. The van der Waals surface area contributed by atoms with Crippen LogP contribution in [-0.4, -0.2) is 28.6 Å². The third-order valence-corrected chi connectivity index (χ3v) is 4.58. The summed E-state index contributed by atoms with van der Waals surface area (Å²) < 4.78 is 5.66. The highest BCUT2D eigenvalue weighted by Crippen LogP contribution is 2.14. The second-order valence-electron chi connectivity index (χ2n) is 6.79. The van der Waals surface area contributed by atoms with Gasteiger partial charge in [-0.25, -0.2) is 5.10 Å². The maximum Gasteiger partial charge on any atom is 0.290 e. The number of fused-ring (bicyclic) bond motifs is 1. The van der Waals surface area contributed by atoms with Crippen LogP contribution in [0.25, 0.3) is 10.8 Å². The van der Waals surface area contributed by atoms with E-state index in [1.165, 1.54) is 12.8 Å². The Morgan fingerprint density at radius 3 is 2.37 bits per heavy atom. The van der Waals surface area contributed by atoms with E-state index in [-0.39, 0.29) is 11.3 Å². The molecule has 0 atom stereocenters. The van der Waals surface area contributed by atoms with Crippen molar-refractivity contribution in [3.05, 3.63) is 70.1 Å². The van der Waals surface area contributed by atoms with Crippen molar-refractivity contribution in [2.45, 2.75) is 32.6 Å². The van der Waals surface area contributed by atoms with E-state index in [4.69, 9.17) is 4.74 Å². The Morgan fingerprint density at radius 1 is 0.933 bits per heavy atom. The zero-order chi connectivity index (χ0) is 21.3. The molecule has 156 valence electrons. The highest BCUT2D eigenvalue weighted by molar-refractivity contribution is 6.05. The van der Waals surface area contributed by atoms with Crippen LogP contribution in [0.1, 0.15) is 53.5 Å². The molecule has 0 unspecified atom stereocenters. The molecule has 3 N–H and O–H groups in total. The average molecular weight is 408 g/mol. The Hall–Kier alpha value is -3.68. The number of rotatable bonds is 8. The van der Waals surface area contributed by atoms with E-state index in [9.17, 15) is 14.4 Å². The Kier molecular flexibility index (Phi) is 7.15. The first kappa shape index (κ1) is 21.0. The van der Waals surface area contributed by atoms with Gasteiger partial charge in [-0.1, -0.05) is 44.4 Å². The van der Waals surface area contributed by atoms with E-state index in [0.717, 1.165) is 12.8 Å². The second-order valence-corrected chi connectivity index (χ2v) is 6.79. The number of ether oxygens (including phenoxy) is 1. The summed E-state index contributed by atoms with van der Waals surface area (Å²) in [4.78, 5) is 36.5. The summed E-state index contributed by atoms with van der Waals surface area (Å²) in [6.45, 7) is 2.80. The highest BCUT2D eigenvalue weighted by Gasteiger charge is 2.15. The molecule has 3 rings (SSSR count). The molecular weight excluding hydrogens is 384 g/mol. The minimum Gasteiger partial charge on any atom is -0.494 e. The van der Waals surface area contributed by atoms with Crippen molar-refractivity contribution < 1.29 is 14.3 Å². The quantitative estimate of drug-likeness (QED) is 0.392. The molecular formula is C22H24N4O4. The first-order chi connectivity index (χ1) is 14.6. The first-order valence-corrected chi connectivity index (χ1v) is 9.91. The molecule has 0 spiro atoms. The van der Waals surface area contributed by atoms with Crippen molar-refractivity contribution in [1.82, 2.24) is 21.0 Å². The van der Waals surface area contributed by atoms with Gasteiger partial charge in [0.15, 0.2) is 5.69 Å². The molecule has 1 heterocycles. The molecule has 0 saturated carbocycles. The van der Waals surface area contributed by atoms with E-state index >= 15 is 0 Å². The van der Waals surface area contributed by atoms with Crippen molar-refractivity contribution in [1.29, 1.82) is 0 Å². The maximum atomic E-state index is 12.4. The Balaban J connectivity index is 1.56. The number of nitrogens with one attached hydrogen (secondary N) is 3. The zero-order valence-electron chi connectivity index (χ0n) is 16.7. The highest BCUT2D eigenvalue weighted by atomic mass is 16.5. The standard InChI is InChI=1S/C22H24N4O4/c1-2-3-4-7-14-30-16-12-10-15(11-13-16)20(27)24-26-22(29)19-17-8-5-6-9-18(17)21(28)25-23-19/h5-6,8-13H,2-4,7,14H2,1H3,(H,24,27)(H,25,28)(H,26,29). The van der Waals surface area contributed by atoms with Gasteiger partial charge in [-0.3, -0.25) is 25.2 Å². The topological polar surface area (TPSA) is 113 Å². The van der Waals surface area contributed by atoms with Gasteiger partial charge in [-0.05, 0) is 36.8 Å². The number of nitrogens with zero attached hydrogens (tertiary/aromatic N) is 1. The largest absolute Gasteiger partial charge is 0.494 e. The fraction of sp³-hybridized carbons (Fsp3) is 0.273. The number of amides is 2. The van der Waals surface area contributed by atoms with E-state index in [1.807, 2.05) is 0 Å². The van der Waals surface area contributed by atoms with E-state index in [1.54, 1.807) is 48.5 Å². The van der Waals surface area contributed by atoms with Gasteiger partial charge in [0.2, 0.25) is 0 Å². The molecule has 0 aliphatic heterocycles. The number of hydrogen-bond donors (Lipinski definition) is 3. The third-order valence-electron chi connectivity index (χ3n) is 4.58. The average Bonchev–Trinajstić information content (AvgIpc) is 2.78. The number of H-pyrrole nitrogens is 1. The monoisotopic (exact) mass is 408 g/mol. The van der Waals surface area contributed by atoms with Crippen LogP contribution in [0.15, 0.2) is 53.3 Å². The van der Waals surface area contributed by atoms with Crippen LogP contribution in [0.2, 0.25) is 0 Å². The van der Waals surface area contributed by atoms with Gasteiger partial charge in [-0.2, -0.15) is 5.10 Å². The summed E-state index contributed by atoms with van der Waals surface area (Å²) in [7, 11) is 0. The molecule has 0 radical (unpaired) electrons. The number of hydrogen-bond acceptors (Lipinski definition) is 5. The fourth-order valence-corrected chi connectivity index (χ4v) is 2.95. The molecule has 0 fully saturated rings. The number of aromatic nitrogens is 2. The fourth-order valence-electron chi connectivity index (χ4n) is 2.95. The van der Waals surface area contributed by atoms with Crippen molar-refractivity contribution in [2.24, 2.45) is 0 Å². The predicted octanol–water partition coefficient (Wildman–Crippen LogP) is 2.96. The minimum atomic E-state index is -0.636. The lowest BCUT2D eigenvalue weighted by Gasteiger charge is -2.09. The molecule has 8 heteroatoms. The molecule has 3 aromatic rings. The molecule has 2 aromatic carbocycles. The lowest BCUT2D eigenvalue weighted by Crippen LogP contribution is -2.42. The van der Waals surface area contributed by atoms with E-state index < -0.39 is 11.8 Å². The van der Waals surface area contributed by atoms with Crippen molar-refractivity contribution in [3.8, 4) is 5.75 Å². The van der Waals surface area contributed by atoms with Crippen LogP contribution < -0.4 is 21.1 Å². The summed E-state index contributed by atoms with van der Waals surface area (Å²) in [5.74, 6) is -0.426. The van der Waals surface area contributed by atoms with Gasteiger partial charge in [0, 0.05) is 10.9 Å². The lowest BCUT2D eigenvalue weighted by atomic mass is 10.1. The number of aromatic amines is 1. The molecule has 0 aliphatic rings. The second kappa shape index (κ2) is 10.2. The van der Waals surface area contributed by atoms with Gasteiger partial charge in [0.1, 0.15) is 5.75 Å². The Labute approximate surface area is 173 Å². The molecule has 1 aromatic heterocycles. The molecule has 0 saturated heterocycles. The van der Waals surface area contributed by atoms with Crippen molar-refractivity contribution in [3.63, 3.8) is 0 Å². The summed E-state index contributed by atoms with van der Waals surface area (Å²) >= 11 is 0. The number of benzene rings is 2. The van der Waals surface area contributed by atoms with Crippen LogP contribution in [0.4, 0.5) is 0 Å². The molecule has 8 nitrogen and oxygen atoms in total. The van der Waals surface area contributed by atoms with Crippen LogP contribution in [0.3, 0.4) is 0 Å². The third kappa shape index (κ3) is 5.22. The minimum absolute atomic E-state index is 0.0114. The molecule has 2 amide bonds. The summed E-state index contributed by atoms with van der Waals surface area (Å²) in [5, 5.41) is 6.82. The summed E-state index contributed by atoms with van der Waals surface area (Å²) in [5.41, 5.74) is 4.66. The van der Waals surface area contributed by atoms with Crippen LogP contribution in [-0.2, 0) is 0 Å². The van der Waals surface area contributed by atoms with Gasteiger partial charge in [-0.15, -0.1) is 0 Å². The number of hydrazine groups is 1. The molecule has 0 bridgehead atoms. The van der Waals surface area contributed by atoms with Crippen LogP contribution in [0, 0.1) is 0 Å². The number of carbonyl (C=O) groups excluding carboxylic acids is 2. The van der Waals surface area contributed by atoms with Gasteiger partial charge < -0.3 is 4.74 Å². The Bertz CT molecular complexity index is 1080. The smallest absolute Gasteiger partial charge is 0.290 e. The zero-order valence-corrected chi connectivity index (χ0v) is 16.7. The van der Waals surface area contributed by atoms with Gasteiger partial charge in [0.05, 0.1) is 12.0 Å². The molecule has 30 heavy (non-hydrogen) atoms. The van der Waals surface area contributed by atoms with Gasteiger partial charge in [0.25, 0.3) is 17.4 Å². The lowest BCUT2D eigenvalue weighted by molar-refractivity contribution is 0.0844. The van der Waals surface area contributed by atoms with E-state index in [0.29, 0.717) is 28.7 Å².